The maximum absolute atomic E-state index is 13.0. The molecule has 0 spiro atoms. The SMILES string of the molecule is COc1ccc2c(c1)C(c1ccc(Cl)cc1)=N[C@@H](CC(=O)NCCNC(=O)OC(C)(C)C)c1nnc(C)n1-2. The molecule has 10 nitrogen and oxygen atoms in total. The Hall–Kier alpha value is -3.92. The van der Waals surface area contributed by atoms with Crippen molar-refractivity contribution in [3.05, 3.63) is 70.3 Å². The predicted molar refractivity (Wildman–Crippen MR) is 144 cm³/mol. The van der Waals surface area contributed by atoms with Crippen LogP contribution in [0.3, 0.4) is 0 Å². The van der Waals surface area contributed by atoms with Crippen LogP contribution >= 0.6 is 11.6 Å². The van der Waals surface area contributed by atoms with Gasteiger partial charge >= 0.3 is 6.09 Å². The molecular weight excluding hydrogens is 508 g/mol. The maximum Gasteiger partial charge on any atom is 0.407 e. The third kappa shape index (κ3) is 6.31. The van der Waals surface area contributed by atoms with Crippen LogP contribution < -0.4 is 15.4 Å². The van der Waals surface area contributed by atoms with E-state index in [-0.39, 0.29) is 25.4 Å². The molecule has 2 amide bonds. The molecule has 3 aromatic rings. The monoisotopic (exact) mass is 538 g/mol. The molecule has 38 heavy (non-hydrogen) atoms. The van der Waals surface area contributed by atoms with Gasteiger partial charge in [0.25, 0.3) is 0 Å². The summed E-state index contributed by atoms with van der Waals surface area (Å²) in [5.41, 5.74) is 2.58. The van der Waals surface area contributed by atoms with Crippen LogP contribution in [-0.2, 0) is 9.53 Å². The number of carbonyl (C=O) groups is 2. The first-order valence-electron chi connectivity index (χ1n) is 12.2. The highest BCUT2D eigenvalue weighted by molar-refractivity contribution is 6.30. The van der Waals surface area contributed by atoms with Gasteiger partial charge in [-0.15, -0.1) is 10.2 Å². The topological polar surface area (TPSA) is 120 Å². The molecule has 200 valence electrons. The summed E-state index contributed by atoms with van der Waals surface area (Å²) in [5, 5.41) is 14.7. The van der Waals surface area contributed by atoms with Crippen molar-refractivity contribution >= 4 is 29.3 Å². The molecule has 1 aliphatic heterocycles. The van der Waals surface area contributed by atoms with Gasteiger partial charge in [-0.3, -0.25) is 14.4 Å². The second kappa shape index (κ2) is 11.2. The summed E-state index contributed by atoms with van der Waals surface area (Å²) in [6, 6.07) is 12.5. The lowest BCUT2D eigenvalue weighted by Gasteiger charge is -2.19. The number of hydrogen-bond donors (Lipinski definition) is 2. The van der Waals surface area contributed by atoms with Gasteiger partial charge < -0.3 is 20.1 Å². The number of halogens is 1. The fourth-order valence-electron chi connectivity index (χ4n) is 4.11. The normalized spacial score (nSPS) is 14.5. The summed E-state index contributed by atoms with van der Waals surface area (Å²) in [4.78, 5) is 29.8. The lowest BCUT2D eigenvalue weighted by molar-refractivity contribution is -0.121. The van der Waals surface area contributed by atoms with E-state index in [0.717, 1.165) is 16.8 Å². The Morgan fingerprint density at radius 3 is 2.45 bits per heavy atom. The van der Waals surface area contributed by atoms with E-state index in [1.807, 2.05) is 41.8 Å². The number of nitrogens with one attached hydrogen (secondary N) is 2. The fraction of sp³-hybridized carbons (Fsp3) is 0.370. The second-order valence-electron chi connectivity index (χ2n) is 9.81. The molecule has 4 rings (SSSR count). The van der Waals surface area contributed by atoms with Gasteiger partial charge in [0.05, 0.1) is 24.9 Å². The van der Waals surface area contributed by atoms with Crippen LogP contribution in [0.2, 0.25) is 5.02 Å². The van der Waals surface area contributed by atoms with Crippen LogP contribution in [0.1, 0.15) is 56.0 Å². The molecule has 0 saturated carbocycles. The number of rotatable bonds is 7. The lowest BCUT2D eigenvalue weighted by Crippen LogP contribution is -2.38. The van der Waals surface area contributed by atoms with Crippen LogP contribution in [0.4, 0.5) is 4.79 Å². The molecule has 0 unspecified atom stereocenters. The van der Waals surface area contributed by atoms with E-state index in [1.54, 1.807) is 40.0 Å². The van der Waals surface area contributed by atoms with Gasteiger partial charge in [-0.25, -0.2) is 4.79 Å². The van der Waals surface area contributed by atoms with E-state index in [1.165, 1.54) is 0 Å². The minimum absolute atomic E-state index is 0.0345. The smallest absolute Gasteiger partial charge is 0.407 e. The molecule has 0 saturated heterocycles. The number of fused-ring (bicyclic) bond motifs is 3. The molecule has 1 aliphatic rings. The van der Waals surface area contributed by atoms with E-state index < -0.39 is 17.7 Å². The third-order valence-electron chi connectivity index (χ3n) is 5.74. The Kier molecular flexibility index (Phi) is 8.01. The number of amides is 2. The van der Waals surface area contributed by atoms with E-state index in [4.69, 9.17) is 26.1 Å². The van der Waals surface area contributed by atoms with Crippen LogP contribution in [0.5, 0.6) is 5.75 Å². The molecule has 1 aromatic heterocycles. The van der Waals surface area contributed by atoms with Gasteiger partial charge in [-0.2, -0.15) is 0 Å². The molecule has 0 aliphatic carbocycles. The van der Waals surface area contributed by atoms with Gasteiger partial charge in [0.2, 0.25) is 5.91 Å². The van der Waals surface area contributed by atoms with Crippen molar-refractivity contribution in [3.8, 4) is 11.4 Å². The average molecular weight is 539 g/mol. The largest absolute Gasteiger partial charge is 0.497 e. The number of nitrogens with zero attached hydrogens (tertiary/aromatic N) is 4. The Morgan fingerprint density at radius 1 is 1.05 bits per heavy atom. The predicted octanol–water partition coefficient (Wildman–Crippen LogP) is 4.16. The number of hydrogen-bond acceptors (Lipinski definition) is 7. The summed E-state index contributed by atoms with van der Waals surface area (Å²) < 4.78 is 12.6. The number of carbonyl (C=O) groups excluding carboxylic acids is 2. The van der Waals surface area contributed by atoms with Crippen molar-refractivity contribution in [2.45, 2.75) is 45.8 Å². The van der Waals surface area contributed by atoms with Gasteiger partial charge in [-0.05, 0) is 58.0 Å². The Morgan fingerprint density at radius 2 is 1.76 bits per heavy atom. The van der Waals surface area contributed by atoms with Gasteiger partial charge in [0.1, 0.15) is 23.2 Å². The number of ether oxygens (including phenoxy) is 2. The fourth-order valence-corrected chi connectivity index (χ4v) is 4.23. The Labute approximate surface area is 226 Å². The second-order valence-corrected chi connectivity index (χ2v) is 10.2. The summed E-state index contributed by atoms with van der Waals surface area (Å²) in [6.45, 7) is 7.68. The van der Waals surface area contributed by atoms with Gasteiger partial charge in [0.15, 0.2) is 5.82 Å². The maximum atomic E-state index is 13.0. The number of alkyl carbamates (subject to hydrolysis) is 1. The van der Waals surface area contributed by atoms with Crippen LogP contribution in [0.25, 0.3) is 5.69 Å². The molecule has 1 atom stereocenters. The number of aromatic nitrogens is 3. The van der Waals surface area contributed by atoms with E-state index in [9.17, 15) is 9.59 Å². The number of methoxy groups -OCH3 is 1. The molecule has 0 bridgehead atoms. The standard InChI is InChI=1S/C27H31ClN6O4/c1-16-32-33-25-21(15-23(35)29-12-13-30-26(36)38-27(2,3)4)31-24(17-6-8-18(28)9-7-17)20-14-19(37-5)10-11-22(20)34(16)25/h6-11,14,21H,12-13,15H2,1-5H3,(H,29,35)(H,30,36)/t21-/m0/s1. The lowest BCUT2D eigenvalue weighted by atomic mass is 10.00. The first kappa shape index (κ1) is 27.1. The highest BCUT2D eigenvalue weighted by Crippen LogP contribution is 2.34. The van der Waals surface area contributed by atoms with Crippen molar-refractivity contribution in [2.24, 2.45) is 4.99 Å². The molecule has 2 N–H and O–H groups in total. The summed E-state index contributed by atoms with van der Waals surface area (Å²) in [5.74, 6) is 1.66. The molecule has 2 aromatic carbocycles. The highest BCUT2D eigenvalue weighted by Gasteiger charge is 2.30. The summed E-state index contributed by atoms with van der Waals surface area (Å²) >= 11 is 6.15. The zero-order valence-electron chi connectivity index (χ0n) is 22.0. The van der Waals surface area contributed by atoms with E-state index in [0.29, 0.717) is 28.1 Å². The van der Waals surface area contributed by atoms with Crippen LogP contribution in [0, 0.1) is 6.92 Å². The quantitative estimate of drug-likeness (QED) is 0.436. The van der Waals surface area contributed by atoms with Crippen LogP contribution in [0.15, 0.2) is 47.5 Å². The average Bonchev–Trinajstić information content (AvgIpc) is 3.18. The first-order chi connectivity index (χ1) is 18.1. The van der Waals surface area contributed by atoms with Crippen molar-refractivity contribution in [2.75, 3.05) is 20.2 Å². The molecule has 0 fully saturated rings. The number of aliphatic imine (C=N–C) groups is 1. The van der Waals surface area contributed by atoms with Crippen LogP contribution in [-0.4, -0.2) is 58.3 Å². The Balaban J connectivity index is 1.61. The van der Waals surface area contributed by atoms with Crippen molar-refractivity contribution in [1.29, 1.82) is 0 Å². The van der Waals surface area contributed by atoms with E-state index >= 15 is 0 Å². The minimum atomic E-state index is -0.612. The third-order valence-corrected chi connectivity index (χ3v) is 6.00. The van der Waals surface area contributed by atoms with Gasteiger partial charge in [-0.1, -0.05) is 23.7 Å². The van der Waals surface area contributed by atoms with Crippen molar-refractivity contribution in [1.82, 2.24) is 25.4 Å². The minimum Gasteiger partial charge on any atom is -0.497 e. The van der Waals surface area contributed by atoms with Crippen molar-refractivity contribution < 1.29 is 19.1 Å². The molecule has 2 heterocycles. The van der Waals surface area contributed by atoms with E-state index in [2.05, 4.69) is 20.8 Å². The molecule has 0 radical (unpaired) electrons. The summed E-state index contributed by atoms with van der Waals surface area (Å²) in [7, 11) is 1.61. The highest BCUT2D eigenvalue weighted by atomic mass is 35.5. The first-order valence-corrected chi connectivity index (χ1v) is 12.6. The number of aryl methyl sites for hydroxylation is 1. The number of benzene rings is 2. The zero-order chi connectivity index (χ0) is 27.4. The summed E-state index contributed by atoms with van der Waals surface area (Å²) in [6.07, 6.45) is -0.503. The Bertz CT molecular complexity index is 1360. The molecule has 11 heteroatoms. The zero-order valence-corrected chi connectivity index (χ0v) is 22.8. The van der Waals surface area contributed by atoms with Gasteiger partial charge in [0, 0.05) is 29.2 Å². The van der Waals surface area contributed by atoms with Crippen molar-refractivity contribution in [3.63, 3.8) is 0 Å². The molecular formula is C27H31ClN6O4.